The smallest absolute Gasteiger partial charge is 0.337 e. The molecule has 0 aliphatic carbocycles. The van der Waals surface area contributed by atoms with Gasteiger partial charge in [0.15, 0.2) is 0 Å². The number of hydrogen-bond acceptors (Lipinski definition) is 8. The van der Waals surface area contributed by atoms with Crippen molar-refractivity contribution in [2.75, 3.05) is 26.8 Å². The fourth-order valence-electron chi connectivity index (χ4n) is 5.00. The van der Waals surface area contributed by atoms with Gasteiger partial charge < -0.3 is 18.8 Å². The van der Waals surface area contributed by atoms with Gasteiger partial charge >= 0.3 is 5.97 Å². The van der Waals surface area contributed by atoms with Crippen LogP contribution in [-0.2, 0) is 29.2 Å². The van der Waals surface area contributed by atoms with Crippen molar-refractivity contribution in [2.45, 2.75) is 38.6 Å². The molecule has 0 bridgehead atoms. The van der Waals surface area contributed by atoms with Crippen molar-refractivity contribution < 1.29 is 23.4 Å². The highest BCUT2D eigenvalue weighted by molar-refractivity contribution is 7.04. The van der Waals surface area contributed by atoms with Crippen LogP contribution in [-0.4, -0.2) is 57.7 Å². The summed E-state index contributed by atoms with van der Waals surface area (Å²) >= 11 is 7.18. The molecule has 1 fully saturated rings. The first kappa shape index (κ1) is 26.9. The molecule has 0 amide bonds. The van der Waals surface area contributed by atoms with Gasteiger partial charge in [-0.15, -0.1) is 0 Å². The monoisotopic (exact) mass is 582 g/mol. The summed E-state index contributed by atoms with van der Waals surface area (Å²) in [4.78, 5) is 19.4. The highest BCUT2D eigenvalue weighted by atomic mass is 35.5. The van der Waals surface area contributed by atoms with Crippen LogP contribution in [0.2, 0.25) is 5.02 Å². The summed E-state index contributed by atoms with van der Waals surface area (Å²) in [6.45, 7) is 3.80. The van der Waals surface area contributed by atoms with Crippen molar-refractivity contribution >= 4 is 45.7 Å². The Morgan fingerprint density at radius 3 is 2.88 bits per heavy atom. The number of methoxy groups -OCH3 is 1. The fraction of sp³-hybridized carbons (Fsp3) is 0.345. The van der Waals surface area contributed by atoms with E-state index < -0.39 is 5.82 Å². The van der Waals surface area contributed by atoms with Crippen LogP contribution < -0.4 is 4.74 Å². The number of ether oxygens (including phenoxy) is 3. The Balaban J connectivity index is 1.17. The van der Waals surface area contributed by atoms with E-state index in [9.17, 15) is 9.18 Å². The molecule has 1 saturated heterocycles. The molecule has 0 saturated carbocycles. The molecule has 6 rings (SSSR count). The number of aromatic nitrogens is 3. The lowest BCUT2D eigenvalue weighted by Crippen LogP contribution is -2.33. The predicted molar refractivity (Wildman–Crippen MR) is 151 cm³/mol. The first-order chi connectivity index (χ1) is 19.5. The van der Waals surface area contributed by atoms with Crippen LogP contribution in [0.15, 0.2) is 47.9 Å². The van der Waals surface area contributed by atoms with E-state index in [1.807, 2.05) is 17.5 Å². The Bertz CT molecular complexity index is 1580. The minimum atomic E-state index is -0.395. The number of imidazole rings is 1. The van der Waals surface area contributed by atoms with E-state index in [2.05, 4.69) is 19.9 Å². The largest absolute Gasteiger partial charge is 0.472 e. The lowest BCUT2D eigenvalue weighted by molar-refractivity contribution is -0.0591. The molecule has 0 spiro atoms. The normalized spacial score (nSPS) is 17.5. The minimum Gasteiger partial charge on any atom is -0.472 e. The Morgan fingerprint density at radius 1 is 1.27 bits per heavy atom. The predicted octanol–water partition coefficient (Wildman–Crippen LogP) is 5.73. The van der Waals surface area contributed by atoms with Crippen molar-refractivity contribution in [3.05, 3.63) is 81.2 Å². The third-order valence-corrected chi connectivity index (χ3v) is 8.20. The van der Waals surface area contributed by atoms with Crippen LogP contribution in [0.3, 0.4) is 0 Å². The standard InChI is InChI=1S/C29H28ClFN4O4S/c1-37-29(36)19-3-5-25-26(12-19)35(14-22-8-11-38-22)27(32-25)15-34-9-6-18(7-10-34)23-17-40-33-28(23)39-16-20-2-4-21(30)13-24(20)31/h2-6,12-13,17,22H,7-11,14-16H2,1H3/t22-/m0/s1. The number of nitrogens with zero attached hydrogens (tertiary/aromatic N) is 4. The van der Waals surface area contributed by atoms with Gasteiger partial charge in [0.2, 0.25) is 5.88 Å². The summed E-state index contributed by atoms with van der Waals surface area (Å²) in [5.41, 5.74) is 4.80. The molecule has 0 N–H and O–H groups in total. The maximum absolute atomic E-state index is 14.2. The van der Waals surface area contributed by atoms with Gasteiger partial charge in [-0.1, -0.05) is 23.7 Å². The fourth-order valence-corrected chi connectivity index (χ4v) is 5.82. The first-order valence-electron chi connectivity index (χ1n) is 13.1. The van der Waals surface area contributed by atoms with Gasteiger partial charge in [0, 0.05) is 35.7 Å². The molecule has 0 radical (unpaired) electrons. The van der Waals surface area contributed by atoms with E-state index in [4.69, 9.17) is 30.8 Å². The van der Waals surface area contributed by atoms with Crippen molar-refractivity contribution in [2.24, 2.45) is 0 Å². The van der Waals surface area contributed by atoms with Crippen molar-refractivity contribution in [3.8, 4) is 5.88 Å². The summed E-state index contributed by atoms with van der Waals surface area (Å²) in [7, 11) is 1.39. The second-order valence-corrected chi connectivity index (χ2v) is 11.0. The molecule has 2 aromatic carbocycles. The molecule has 4 aromatic rings. The molecule has 208 valence electrons. The number of rotatable bonds is 9. The molecule has 2 aliphatic heterocycles. The molecule has 8 nitrogen and oxygen atoms in total. The highest BCUT2D eigenvalue weighted by Gasteiger charge is 2.25. The summed E-state index contributed by atoms with van der Waals surface area (Å²) < 4.78 is 37.3. The second kappa shape index (κ2) is 11.7. The summed E-state index contributed by atoms with van der Waals surface area (Å²) in [6, 6.07) is 10.0. The van der Waals surface area contributed by atoms with Crippen LogP contribution in [0.5, 0.6) is 5.88 Å². The summed E-state index contributed by atoms with van der Waals surface area (Å²) in [5, 5.41) is 2.33. The van der Waals surface area contributed by atoms with Crippen molar-refractivity contribution in [3.63, 3.8) is 0 Å². The molecule has 2 aromatic heterocycles. The third kappa shape index (κ3) is 5.62. The quantitative estimate of drug-likeness (QED) is 0.233. The van der Waals surface area contributed by atoms with Crippen LogP contribution in [0.1, 0.15) is 40.2 Å². The lowest BCUT2D eigenvalue weighted by Gasteiger charge is -2.29. The lowest BCUT2D eigenvalue weighted by atomic mass is 10.0. The summed E-state index contributed by atoms with van der Waals surface area (Å²) in [5.74, 6) is 0.695. The maximum atomic E-state index is 14.2. The Hall–Kier alpha value is -3.31. The van der Waals surface area contributed by atoms with E-state index in [0.29, 0.717) is 35.1 Å². The Morgan fingerprint density at radius 2 is 2.15 bits per heavy atom. The number of fused-ring (bicyclic) bond motifs is 1. The van der Waals surface area contributed by atoms with E-state index in [-0.39, 0.29) is 18.7 Å². The SMILES string of the molecule is COC(=O)c1ccc2nc(CN3CC=C(c4csnc4OCc4ccc(Cl)cc4F)CC3)n(C[C@@H]3CCO3)c2c1. The van der Waals surface area contributed by atoms with Gasteiger partial charge in [-0.2, -0.15) is 4.37 Å². The molecule has 2 aliphatic rings. The highest BCUT2D eigenvalue weighted by Crippen LogP contribution is 2.32. The molecular weight excluding hydrogens is 555 g/mol. The Kier molecular flexibility index (Phi) is 7.84. The van der Waals surface area contributed by atoms with Crippen LogP contribution >= 0.6 is 23.1 Å². The van der Waals surface area contributed by atoms with Crippen LogP contribution in [0.4, 0.5) is 4.39 Å². The third-order valence-electron chi connectivity index (χ3n) is 7.35. The van der Waals surface area contributed by atoms with Gasteiger partial charge in [0.1, 0.15) is 18.2 Å². The molecule has 1 atom stereocenters. The van der Waals surface area contributed by atoms with Crippen molar-refractivity contribution in [1.29, 1.82) is 0 Å². The van der Waals surface area contributed by atoms with Crippen LogP contribution in [0.25, 0.3) is 16.6 Å². The molecule has 11 heteroatoms. The van der Waals surface area contributed by atoms with Gasteiger partial charge in [0.05, 0.1) is 48.5 Å². The zero-order valence-corrected chi connectivity index (χ0v) is 23.5. The molecular formula is C29H28ClFN4O4S. The van der Waals surface area contributed by atoms with Gasteiger partial charge in [-0.05, 0) is 60.3 Å². The Labute approximate surface area is 240 Å². The van der Waals surface area contributed by atoms with Crippen molar-refractivity contribution in [1.82, 2.24) is 18.8 Å². The number of carbonyl (C=O) groups is 1. The molecule has 0 unspecified atom stereocenters. The summed E-state index contributed by atoms with van der Waals surface area (Å²) in [6.07, 6.45) is 4.18. The second-order valence-electron chi connectivity index (χ2n) is 9.89. The number of halogens is 2. The van der Waals surface area contributed by atoms with Gasteiger partial charge in [-0.3, -0.25) is 4.90 Å². The van der Waals surface area contributed by atoms with Gasteiger partial charge in [-0.25, -0.2) is 14.2 Å². The van der Waals surface area contributed by atoms with E-state index in [1.165, 1.54) is 24.7 Å². The number of carbonyl (C=O) groups excluding carboxylic acids is 1. The first-order valence-corrected chi connectivity index (χ1v) is 14.3. The topological polar surface area (TPSA) is 78.7 Å². The average molecular weight is 583 g/mol. The van der Waals surface area contributed by atoms with E-state index >= 15 is 0 Å². The van der Waals surface area contributed by atoms with E-state index in [0.717, 1.165) is 60.5 Å². The maximum Gasteiger partial charge on any atom is 0.337 e. The zero-order chi connectivity index (χ0) is 27.6. The zero-order valence-electron chi connectivity index (χ0n) is 21.9. The van der Waals surface area contributed by atoms with E-state index in [1.54, 1.807) is 18.2 Å². The number of hydrogen-bond donors (Lipinski definition) is 0. The van der Waals surface area contributed by atoms with Crippen LogP contribution in [0, 0.1) is 5.82 Å². The molecule has 40 heavy (non-hydrogen) atoms. The number of esters is 1. The van der Waals surface area contributed by atoms with Gasteiger partial charge in [0.25, 0.3) is 0 Å². The average Bonchev–Trinajstić information content (AvgIpc) is 3.54. The molecule has 4 heterocycles. The number of benzene rings is 2. The minimum absolute atomic E-state index is 0.0811.